The van der Waals surface area contributed by atoms with E-state index >= 15 is 0 Å². The Hall–Kier alpha value is -2.06. The van der Waals surface area contributed by atoms with E-state index in [1.54, 1.807) is 12.1 Å². The molecule has 1 heterocycles. The lowest BCUT2D eigenvalue weighted by Crippen LogP contribution is -2.41. The Balaban J connectivity index is 1.66. The molecule has 1 aromatic carbocycles. The number of hydrogen-bond donors (Lipinski definition) is 2. The number of hydrogen-bond acceptors (Lipinski definition) is 5. The lowest BCUT2D eigenvalue weighted by molar-refractivity contribution is -0.127. The summed E-state index contributed by atoms with van der Waals surface area (Å²) in [5.74, 6) is -0.348. The first-order chi connectivity index (χ1) is 13.6. The smallest absolute Gasteiger partial charge is 0.436 e. The molecule has 2 aliphatic rings. The Morgan fingerprint density at radius 3 is 2.14 bits per heavy atom. The number of anilines is 1. The van der Waals surface area contributed by atoms with Crippen LogP contribution in [-0.4, -0.2) is 36.4 Å². The molecular formula is C21H31BN2O5. The Morgan fingerprint density at radius 2 is 1.62 bits per heavy atom. The summed E-state index contributed by atoms with van der Waals surface area (Å²) in [6, 6.07) is 7.31. The van der Waals surface area contributed by atoms with Crippen LogP contribution in [0.3, 0.4) is 0 Å². The summed E-state index contributed by atoms with van der Waals surface area (Å²) >= 11 is 0. The molecule has 1 aromatic rings. The summed E-state index contributed by atoms with van der Waals surface area (Å²) in [5.41, 5.74) is 5.86. The number of nitrogens with one attached hydrogen (secondary N) is 1. The molecule has 1 unspecified atom stereocenters. The molecule has 1 aliphatic heterocycles. The summed E-state index contributed by atoms with van der Waals surface area (Å²) in [6.07, 6.45) is 3.11. The number of benzene rings is 1. The van der Waals surface area contributed by atoms with Crippen molar-refractivity contribution in [3.05, 3.63) is 24.3 Å². The average molecular weight is 402 g/mol. The highest BCUT2D eigenvalue weighted by Gasteiger charge is 2.51. The van der Waals surface area contributed by atoms with Gasteiger partial charge >= 0.3 is 13.2 Å². The summed E-state index contributed by atoms with van der Waals surface area (Å²) in [7, 11) is -0.460. The van der Waals surface area contributed by atoms with Crippen molar-refractivity contribution in [2.75, 3.05) is 5.32 Å². The standard InChI is InChI=1S/C21H31BN2O5/c1-20(2)21(3,4)29-22(28-20)15-10-12-16(13-11-15)24-18(25)17(27-19(23)26)14-8-6-5-7-9-14/h10-14,17H,5-9H2,1-4H3,(H2,23,26)(H,24,25). The number of primary amides is 1. The van der Waals surface area contributed by atoms with Gasteiger partial charge in [-0.05, 0) is 58.1 Å². The summed E-state index contributed by atoms with van der Waals surface area (Å²) in [5, 5.41) is 2.84. The van der Waals surface area contributed by atoms with Gasteiger partial charge in [-0.3, -0.25) is 4.79 Å². The predicted molar refractivity (Wildman–Crippen MR) is 112 cm³/mol. The molecule has 0 bridgehead atoms. The number of rotatable bonds is 5. The molecule has 8 heteroatoms. The zero-order chi connectivity index (χ0) is 21.2. The van der Waals surface area contributed by atoms with Gasteiger partial charge in [0.05, 0.1) is 11.2 Å². The van der Waals surface area contributed by atoms with Crippen molar-refractivity contribution >= 4 is 30.3 Å². The van der Waals surface area contributed by atoms with E-state index < -0.39 is 30.5 Å². The van der Waals surface area contributed by atoms with Crippen LogP contribution in [0.5, 0.6) is 0 Å². The third-order valence-corrected chi connectivity index (χ3v) is 6.28. The van der Waals surface area contributed by atoms with E-state index in [0.717, 1.165) is 37.6 Å². The second kappa shape index (κ2) is 8.36. The lowest BCUT2D eigenvalue weighted by Gasteiger charge is -2.32. The number of amides is 2. The summed E-state index contributed by atoms with van der Waals surface area (Å²) in [4.78, 5) is 24.1. The van der Waals surface area contributed by atoms with E-state index in [4.69, 9.17) is 19.8 Å². The topological polar surface area (TPSA) is 99.9 Å². The molecule has 0 spiro atoms. The van der Waals surface area contributed by atoms with Crippen LogP contribution in [0.2, 0.25) is 0 Å². The Labute approximate surface area is 172 Å². The number of carbonyl (C=O) groups is 2. The van der Waals surface area contributed by atoms with Crippen LogP contribution in [0.1, 0.15) is 59.8 Å². The van der Waals surface area contributed by atoms with E-state index in [0.29, 0.717) is 5.69 Å². The maximum absolute atomic E-state index is 12.8. The Morgan fingerprint density at radius 1 is 1.07 bits per heavy atom. The highest BCUT2D eigenvalue weighted by atomic mass is 16.7. The lowest BCUT2D eigenvalue weighted by atomic mass is 9.79. The minimum absolute atomic E-state index is 0.000254. The second-order valence-corrected chi connectivity index (χ2v) is 8.96. The van der Waals surface area contributed by atoms with Gasteiger partial charge < -0.3 is 25.1 Å². The van der Waals surface area contributed by atoms with Gasteiger partial charge in [-0.2, -0.15) is 0 Å². The first kappa shape index (κ1) is 21.6. The molecule has 158 valence electrons. The molecule has 0 aromatic heterocycles. The van der Waals surface area contributed by atoms with E-state index in [1.807, 2.05) is 39.8 Å². The molecule has 1 saturated heterocycles. The molecule has 1 aliphatic carbocycles. The van der Waals surface area contributed by atoms with Crippen molar-refractivity contribution in [1.82, 2.24) is 0 Å². The van der Waals surface area contributed by atoms with Gasteiger partial charge in [-0.15, -0.1) is 0 Å². The Kier molecular flexibility index (Phi) is 6.24. The van der Waals surface area contributed by atoms with Crippen LogP contribution in [-0.2, 0) is 18.8 Å². The highest BCUT2D eigenvalue weighted by Crippen LogP contribution is 2.36. The van der Waals surface area contributed by atoms with Crippen LogP contribution >= 0.6 is 0 Å². The summed E-state index contributed by atoms with van der Waals surface area (Å²) < 4.78 is 17.3. The third kappa shape index (κ3) is 4.93. The van der Waals surface area contributed by atoms with Gasteiger partial charge in [-0.25, -0.2) is 4.79 Å². The molecule has 3 N–H and O–H groups in total. The van der Waals surface area contributed by atoms with Crippen molar-refractivity contribution in [3.63, 3.8) is 0 Å². The van der Waals surface area contributed by atoms with Crippen LogP contribution in [0, 0.1) is 5.92 Å². The van der Waals surface area contributed by atoms with Crippen LogP contribution in [0.25, 0.3) is 0 Å². The number of nitrogens with two attached hydrogens (primary N) is 1. The quantitative estimate of drug-likeness (QED) is 0.738. The molecule has 2 amide bonds. The van der Waals surface area contributed by atoms with Gasteiger partial charge in [0.25, 0.3) is 5.91 Å². The second-order valence-electron chi connectivity index (χ2n) is 8.96. The van der Waals surface area contributed by atoms with Crippen molar-refractivity contribution in [1.29, 1.82) is 0 Å². The van der Waals surface area contributed by atoms with Gasteiger partial charge in [0.1, 0.15) is 0 Å². The molecule has 29 heavy (non-hydrogen) atoms. The van der Waals surface area contributed by atoms with Gasteiger partial charge in [0.2, 0.25) is 0 Å². The normalized spacial score (nSPS) is 22.1. The third-order valence-electron chi connectivity index (χ3n) is 6.28. The van der Waals surface area contributed by atoms with E-state index in [9.17, 15) is 9.59 Å². The van der Waals surface area contributed by atoms with Gasteiger partial charge in [-0.1, -0.05) is 31.4 Å². The largest absolute Gasteiger partial charge is 0.494 e. The van der Waals surface area contributed by atoms with Crippen LogP contribution in [0.15, 0.2) is 24.3 Å². The molecule has 2 fully saturated rings. The highest BCUT2D eigenvalue weighted by molar-refractivity contribution is 6.62. The van der Waals surface area contributed by atoms with Crippen molar-refractivity contribution in [3.8, 4) is 0 Å². The van der Waals surface area contributed by atoms with E-state index in [1.165, 1.54) is 0 Å². The zero-order valence-electron chi connectivity index (χ0n) is 17.7. The molecular weight excluding hydrogens is 371 g/mol. The fourth-order valence-corrected chi connectivity index (χ4v) is 3.84. The van der Waals surface area contributed by atoms with Gasteiger partial charge in [0.15, 0.2) is 6.10 Å². The van der Waals surface area contributed by atoms with Crippen LogP contribution in [0.4, 0.5) is 10.5 Å². The average Bonchev–Trinajstić information content (AvgIpc) is 2.88. The minimum atomic E-state index is -0.924. The molecule has 1 saturated carbocycles. The number of carbonyl (C=O) groups excluding carboxylic acids is 2. The minimum Gasteiger partial charge on any atom is -0.436 e. The maximum Gasteiger partial charge on any atom is 0.494 e. The summed E-state index contributed by atoms with van der Waals surface area (Å²) in [6.45, 7) is 8.02. The van der Waals surface area contributed by atoms with E-state index in [-0.39, 0.29) is 11.8 Å². The number of ether oxygens (including phenoxy) is 1. The van der Waals surface area contributed by atoms with Crippen molar-refractivity contribution < 1.29 is 23.6 Å². The van der Waals surface area contributed by atoms with Crippen molar-refractivity contribution in [2.45, 2.75) is 77.1 Å². The Bertz CT molecular complexity index is 728. The SMILES string of the molecule is CC1(C)OB(c2ccc(NC(=O)C(OC(N)=O)C3CCCCC3)cc2)OC1(C)C. The first-order valence-electron chi connectivity index (χ1n) is 10.3. The molecule has 0 radical (unpaired) electrons. The monoisotopic (exact) mass is 402 g/mol. The maximum atomic E-state index is 12.8. The molecule has 3 rings (SSSR count). The van der Waals surface area contributed by atoms with Gasteiger partial charge in [0, 0.05) is 11.6 Å². The van der Waals surface area contributed by atoms with Crippen molar-refractivity contribution in [2.24, 2.45) is 11.7 Å². The fourth-order valence-electron chi connectivity index (χ4n) is 3.84. The first-order valence-corrected chi connectivity index (χ1v) is 10.3. The molecule has 7 nitrogen and oxygen atoms in total. The predicted octanol–water partition coefficient (Wildman–Crippen LogP) is 2.97. The zero-order valence-corrected chi connectivity index (χ0v) is 17.7. The van der Waals surface area contributed by atoms with Crippen LogP contribution < -0.4 is 16.5 Å². The fraction of sp³-hybridized carbons (Fsp3) is 0.619. The molecule has 1 atom stereocenters. The van der Waals surface area contributed by atoms with E-state index in [2.05, 4.69) is 5.32 Å².